The summed E-state index contributed by atoms with van der Waals surface area (Å²) < 4.78 is 38.8. The molecule has 6 aromatic carbocycles. The van der Waals surface area contributed by atoms with Crippen LogP contribution in [0.25, 0.3) is 56.0 Å². The first-order valence-electron chi connectivity index (χ1n) is 27.4. The lowest BCUT2D eigenvalue weighted by Crippen LogP contribution is -2.22. The van der Waals surface area contributed by atoms with E-state index < -0.39 is 12.7 Å². The van der Waals surface area contributed by atoms with E-state index in [0.717, 1.165) is 78.3 Å². The summed E-state index contributed by atoms with van der Waals surface area (Å²) in [7, 11) is 0. The highest BCUT2D eigenvalue weighted by Crippen LogP contribution is 2.36. The zero-order valence-corrected chi connectivity index (χ0v) is 43.8. The highest BCUT2D eigenvalue weighted by Gasteiger charge is 2.26. The van der Waals surface area contributed by atoms with Gasteiger partial charge in [0.15, 0.2) is 0 Å². The van der Waals surface area contributed by atoms with Crippen LogP contribution in [0.15, 0.2) is 201 Å². The van der Waals surface area contributed by atoms with Gasteiger partial charge in [-0.15, -0.1) is 0 Å². The molecule has 0 unspecified atom stereocenters. The Bertz CT molecular complexity index is 3320. The molecule has 3 nitrogen and oxygen atoms in total. The minimum Gasteiger partial charge on any atom is -0.256 e. The molecule has 3 heteroatoms. The van der Waals surface area contributed by atoms with Crippen LogP contribution in [0.3, 0.4) is 0 Å². The van der Waals surface area contributed by atoms with Crippen LogP contribution in [0.4, 0.5) is 0 Å². The predicted molar refractivity (Wildman–Crippen MR) is 305 cm³/mol. The average molecular weight is 946 g/mol. The van der Waals surface area contributed by atoms with E-state index in [1.54, 1.807) is 18.3 Å². The Kier molecular flexibility index (Phi) is 12.7. The van der Waals surface area contributed by atoms with Crippen LogP contribution in [0, 0.1) is 0 Å². The molecule has 0 amide bonds. The summed E-state index contributed by atoms with van der Waals surface area (Å²) in [6, 6.07) is 61.9. The highest BCUT2D eigenvalue weighted by molar-refractivity contribution is 5.73. The molecule has 3 aromatic heterocycles. The third-order valence-corrected chi connectivity index (χ3v) is 14.1. The largest absolute Gasteiger partial charge is 0.256 e. The third-order valence-electron chi connectivity index (χ3n) is 14.1. The third kappa shape index (κ3) is 11.9. The van der Waals surface area contributed by atoms with Crippen LogP contribution in [0.5, 0.6) is 0 Å². The highest BCUT2D eigenvalue weighted by atomic mass is 14.7. The molecular formula is C69H71N3. The molecule has 0 atom stereocenters. The van der Waals surface area contributed by atoms with Crippen molar-refractivity contribution in [2.24, 2.45) is 0 Å². The molecule has 3 heterocycles. The Hall–Kier alpha value is -7.23. The second-order valence-electron chi connectivity index (χ2n) is 22.9. The smallest absolute Gasteiger partial charge is 0.0708 e. The van der Waals surface area contributed by atoms with Crippen molar-refractivity contribution in [1.29, 1.82) is 0 Å². The van der Waals surface area contributed by atoms with Crippen molar-refractivity contribution in [2.45, 2.75) is 116 Å². The second-order valence-corrected chi connectivity index (χ2v) is 22.9. The van der Waals surface area contributed by atoms with Crippen molar-refractivity contribution in [3.63, 3.8) is 0 Å². The van der Waals surface area contributed by atoms with Crippen LogP contribution >= 0.6 is 0 Å². The van der Waals surface area contributed by atoms with Gasteiger partial charge in [0.25, 0.3) is 0 Å². The van der Waals surface area contributed by atoms with Crippen LogP contribution < -0.4 is 0 Å². The van der Waals surface area contributed by atoms with Crippen molar-refractivity contribution >= 4 is 0 Å². The van der Waals surface area contributed by atoms with E-state index >= 15 is 0 Å². The van der Waals surface area contributed by atoms with E-state index in [9.17, 15) is 5.48 Å². The van der Waals surface area contributed by atoms with E-state index in [4.69, 9.17) is 15.0 Å². The summed E-state index contributed by atoms with van der Waals surface area (Å²) in [5.41, 5.74) is 16.5. The van der Waals surface area contributed by atoms with Gasteiger partial charge in [0.05, 0.1) is 17.1 Å². The van der Waals surface area contributed by atoms with Gasteiger partial charge in [-0.25, -0.2) is 0 Å². The Labute approximate surface area is 436 Å². The lowest BCUT2D eigenvalue weighted by molar-refractivity contribution is 0.514. The Morgan fingerprint density at radius 1 is 0.306 bits per heavy atom. The average Bonchev–Trinajstić information content (AvgIpc) is 3.42. The molecule has 0 bridgehead atoms. The first-order chi connectivity index (χ1) is 35.9. The van der Waals surface area contributed by atoms with Gasteiger partial charge in [-0.2, -0.15) is 0 Å². The topological polar surface area (TPSA) is 38.7 Å². The number of rotatable bonds is 14. The van der Waals surface area contributed by atoms with Gasteiger partial charge in [0, 0.05) is 40.8 Å². The molecule has 9 aromatic rings. The number of hydrogen-bond acceptors (Lipinski definition) is 3. The fraction of sp³-hybridized carbons (Fsp3) is 0.261. The Morgan fingerprint density at radius 2 is 0.667 bits per heavy atom. The SMILES string of the molecule is [2H]C([2H])(c1ccc(-c2cc(-c3ccc(-c4ccccc4)cc3)ccn2)cc1)C([2H])([2H])c1cc(CC(C)(C)c2ccc(-c3cc(C(C)(C)C)ccn3)cc2)cc(CC(C)(C)c2ccc(-c3cc(C(C)(C)C)ccn3)cc2)c1. The number of benzene rings is 6. The first kappa shape index (κ1) is 44.7. The maximum absolute atomic E-state index is 9.79. The number of aromatic nitrogens is 3. The normalized spacial score (nSPS) is 13.5. The quantitative estimate of drug-likeness (QED) is 0.109. The number of hydrogen-bond donors (Lipinski definition) is 0. The fourth-order valence-corrected chi connectivity index (χ4v) is 9.68. The number of nitrogens with zero attached hydrogens (tertiary/aromatic N) is 3. The molecule has 0 spiro atoms. The summed E-state index contributed by atoms with van der Waals surface area (Å²) in [5.74, 6) is 0. The predicted octanol–water partition coefficient (Wildman–Crippen LogP) is 17.6. The zero-order chi connectivity index (χ0) is 54.3. The number of pyridine rings is 3. The minimum absolute atomic E-state index is 0.00671. The monoisotopic (exact) mass is 946 g/mol. The maximum atomic E-state index is 9.79. The van der Waals surface area contributed by atoms with Gasteiger partial charge in [0.2, 0.25) is 0 Å². The summed E-state index contributed by atoms with van der Waals surface area (Å²) in [5, 5.41) is 0. The fourth-order valence-electron chi connectivity index (χ4n) is 9.68. The van der Waals surface area contributed by atoms with Crippen LogP contribution in [0.1, 0.15) is 119 Å². The standard InChI is InChI=1S/C69H71N3/c1-66(2,3)61-35-38-71-64(44-61)56-26-30-59(31-27-56)68(7,8)46-50-40-49(41-51(42-50)47-69(9,10)60-32-28-57(29-33-60)65-45-62(36-39-72-65)67(4,5)6)17-16-48-18-20-55(21-19-48)63-43-58(34-37-70-63)54-24-22-53(23-25-54)52-14-12-11-13-15-52/h11-15,18-45H,16-17,46-47H2,1-10H3/i16D2,17D2. The van der Waals surface area contributed by atoms with Gasteiger partial charge < -0.3 is 0 Å². The van der Waals surface area contributed by atoms with Crippen LogP contribution in [-0.2, 0) is 47.2 Å². The van der Waals surface area contributed by atoms with E-state index in [2.05, 4.69) is 184 Å². The van der Waals surface area contributed by atoms with Gasteiger partial charge in [-0.3, -0.25) is 15.0 Å². The van der Waals surface area contributed by atoms with Gasteiger partial charge in [-0.05, 0) is 150 Å². The van der Waals surface area contributed by atoms with Crippen molar-refractivity contribution in [3.8, 4) is 56.0 Å². The Morgan fingerprint density at radius 3 is 1.12 bits per heavy atom. The summed E-state index contributed by atoms with van der Waals surface area (Å²) in [6.45, 7) is 22.2. The van der Waals surface area contributed by atoms with Gasteiger partial charge >= 0.3 is 0 Å². The molecule has 0 aliphatic carbocycles. The van der Waals surface area contributed by atoms with Crippen molar-refractivity contribution < 1.29 is 5.48 Å². The molecule has 72 heavy (non-hydrogen) atoms. The zero-order valence-electron chi connectivity index (χ0n) is 47.8. The number of aryl methyl sites for hydroxylation is 2. The lowest BCUT2D eigenvalue weighted by atomic mass is 9.76. The van der Waals surface area contributed by atoms with Gasteiger partial charge in [0.1, 0.15) is 0 Å². The molecule has 9 rings (SSSR count). The van der Waals surface area contributed by atoms with Crippen LogP contribution in [0.2, 0.25) is 0 Å². The van der Waals surface area contributed by atoms with E-state index in [-0.39, 0.29) is 27.2 Å². The minimum atomic E-state index is -2.41. The second kappa shape index (κ2) is 20.5. The summed E-state index contributed by atoms with van der Waals surface area (Å²) >= 11 is 0. The van der Waals surface area contributed by atoms with Crippen LogP contribution in [-0.4, -0.2) is 15.0 Å². The molecule has 0 fully saturated rings. The molecule has 0 saturated carbocycles. The van der Waals surface area contributed by atoms with E-state index in [1.807, 2.05) is 67.0 Å². The van der Waals surface area contributed by atoms with Gasteiger partial charge in [-0.1, -0.05) is 215 Å². The Balaban J connectivity index is 1.02. The lowest BCUT2D eigenvalue weighted by Gasteiger charge is -2.28. The summed E-state index contributed by atoms with van der Waals surface area (Å²) in [6.07, 6.45) is 1.98. The van der Waals surface area contributed by atoms with E-state index in [0.29, 0.717) is 18.4 Å². The van der Waals surface area contributed by atoms with Crippen molar-refractivity contribution in [2.75, 3.05) is 0 Å². The first-order valence-corrected chi connectivity index (χ1v) is 25.4. The summed E-state index contributed by atoms with van der Waals surface area (Å²) in [4.78, 5) is 14.1. The molecule has 0 saturated heterocycles. The molecule has 0 aliphatic heterocycles. The molecule has 0 aliphatic rings. The molecule has 0 N–H and O–H groups in total. The molecule has 362 valence electrons. The maximum Gasteiger partial charge on any atom is 0.0708 e. The van der Waals surface area contributed by atoms with Crippen molar-refractivity contribution in [1.82, 2.24) is 15.0 Å². The molecule has 0 radical (unpaired) electrons. The van der Waals surface area contributed by atoms with E-state index in [1.165, 1.54) is 11.1 Å². The molecular weight excluding hydrogens is 871 g/mol. The van der Waals surface area contributed by atoms with Crippen molar-refractivity contribution in [3.05, 3.63) is 245 Å².